The molecule has 1 saturated heterocycles. The second-order valence-electron chi connectivity index (χ2n) is 7.43. The van der Waals surface area contributed by atoms with Crippen LogP contribution in [-0.4, -0.2) is 64.8 Å². The topological polar surface area (TPSA) is 105 Å². The molecule has 9 nitrogen and oxygen atoms in total. The second kappa shape index (κ2) is 9.27. The van der Waals surface area contributed by atoms with Gasteiger partial charge in [0.05, 0.1) is 41.0 Å². The predicted molar refractivity (Wildman–Crippen MR) is 118 cm³/mol. The molecular formula is C22H25N3O6S. The number of hydrogen-bond donors (Lipinski definition) is 1. The molecule has 2 aliphatic rings. The smallest absolute Gasteiger partial charge is 0.411 e. The molecule has 0 bridgehead atoms. The van der Waals surface area contributed by atoms with E-state index in [9.17, 15) is 18.0 Å². The molecule has 1 fully saturated rings. The first-order chi connectivity index (χ1) is 15.4. The van der Waals surface area contributed by atoms with Gasteiger partial charge in [-0.25, -0.2) is 13.2 Å². The van der Waals surface area contributed by atoms with Crippen LogP contribution in [0.15, 0.2) is 52.3 Å². The van der Waals surface area contributed by atoms with Crippen molar-refractivity contribution in [2.45, 2.75) is 23.1 Å². The van der Waals surface area contributed by atoms with Crippen molar-refractivity contribution in [1.82, 2.24) is 4.90 Å². The zero-order valence-electron chi connectivity index (χ0n) is 17.7. The Morgan fingerprint density at radius 2 is 1.78 bits per heavy atom. The maximum atomic E-state index is 13.4. The minimum absolute atomic E-state index is 0.0188. The average Bonchev–Trinajstić information content (AvgIpc) is 2.78. The van der Waals surface area contributed by atoms with E-state index in [0.717, 1.165) is 13.1 Å². The Balaban J connectivity index is 1.70. The number of nitrogens with one attached hydrogen (secondary N) is 1. The first kappa shape index (κ1) is 22.3. The van der Waals surface area contributed by atoms with Crippen LogP contribution in [0, 0.1) is 0 Å². The minimum atomic E-state index is -3.82. The highest BCUT2D eigenvalue weighted by Gasteiger charge is 2.37. The molecule has 0 saturated carbocycles. The monoisotopic (exact) mass is 459 g/mol. The van der Waals surface area contributed by atoms with Crippen molar-refractivity contribution in [3.8, 4) is 0 Å². The van der Waals surface area contributed by atoms with Crippen molar-refractivity contribution in [2.75, 3.05) is 49.7 Å². The van der Waals surface area contributed by atoms with Crippen molar-refractivity contribution < 1.29 is 27.5 Å². The highest BCUT2D eigenvalue weighted by molar-refractivity contribution is 7.92. The van der Waals surface area contributed by atoms with E-state index in [1.807, 2.05) is 0 Å². The van der Waals surface area contributed by atoms with Gasteiger partial charge < -0.3 is 9.47 Å². The molecule has 0 radical (unpaired) electrons. The van der Waals surface area contributed by atoms with Crippen LogP contribution in [0.25, 0.3) is 0 Å². The van der Waals surface area contributed by atoms with Gasteiger partial charge in [0.1, 0.15) is 0 Å². The average molecular weight is 460 g/mol. The fourth-order valence-electron chi connectivity index (χ4n) is 3.86. The molecule has 10 heteroatoms. The summed E-state index contributed by atoms with van der Waals surface area (Å²) in [6.07, 6.45) is -0.444. The molecule has 170 valence electrons. The maximum Gasteiger partial charge on any atom is 0.411 e. The maximum absolute atomic E-state index is 13.4. The number of carbonyl (C=O) groups excluding carboxylic acids is 2. The summed E-state index contributed by atoms with van der Waals surface area (Å²) in [7, 11) is -3.82. The Kier molecular flexibility index (Phi) is 6.45. The van der Waals surface area contributed by atoms with E-state index in [1.54, 1.807) is 25.1 Å². The van der Waals surface area contributed by atoms with E-state index < -0.39 is 15.9 Å². The molecule has 0 unspecified atom stereocenters. The lowest BCUT2D eigenvalue weighted by Crippen LogP contribution is -2.39. The van der Waals surface area contributed by atoms with Crippen LogP contribution < -0.4 is 10.2 Å². The summed E-state index contributed by atoms with van der Waals surface area (Å²) in [5.74, 6) is -0.228. The second-order valence-corrected chi connectivity index (χ2v) is 9.32. The first-order valence-corrected chi connectivity index (χ1v) is 11.9. The Morgan fingerprint density at radius 1 is 1.06 bits per heavy atom. The van der Waals surface area contributed by atoms with Crippen LogP contribution in [0.1, 0.15) is 13.3 Å². The largest absolute Gasteiger partial charge is 0.450 e. The lowest BCUT2D eigenvalue weighted by Gasteiger charge is -2.33. The van der Waals surface area contributed by atoms with Gasteiger partial charge in [-0.3, -0.25) is 19.9 Å². The van der Waals surface area contributed by atoms with Crippen molar-refractivity contribution in [1.29, 1.82) is 0 Å². The number of sulfone groups is 1. The number of benzene rings is 2. The van der Waals surface area contributed by atoms with E-state index in [-0.39, 0.29) is 34.4 Å². The summed E-state index contributed by atoms with van der Waals surface area (Å²) in [6, 6.07) is 10.8. The molecule has 2 heterocycles. The first-order valence-electron chi connectivity index (χ1n) is 10.5. The van der Waals surface area contributed by atoms with Crippen molar-refractivity contribution in [3.63, 3.8) is 0 Å². The molecule has 0 spiro atoms. The van der Waals surface area contributed by atoms with Crippen LogP contribution in [-0.2, 0) is 24.1 Å². The molecule has 1 N–H and O–H groups in total. The normalized spacial score (nSPS) is 17.2. The zero-order valence-corrected chi connectivity index (χ0v) is 18.6. The van der Waals surface area contributed by atoms with Gasteiger partial charge in [0.25, 0.3) is 0 Å². The third kappa shape index (κ3) is 4.34. The number of rotatable bonds is 5. The number of para-hydroxylation sites is 1. The van der Waals surface area contributed by atoms with E-state index in [0.29, 0.717) is 31.1 Å². The Hall–Kier alpha value is -2.95. The Labute approximate surface area is 186 Å². The molecule has 4 rings (SSSR count). The number of morpholine rings is 1. The molecule has 2 aromatic carbocycles. The van der Waals surface area contributed by atoms with E-state index in [2.05, 4.69) is 10.2 Å². The van der Waals surface area contributed by atoms with Crippen LogP contribution in [0.4, 0.5) is 21.9 Å². The lowest BCUT2D eigenvalue weighted by molar-refractivity contribution is -0.118. The van der Waals surface area contributed by atoms with Gasteiger partial charge in [0.15, 0.2) is 0 Å². The SMILES string of the molecule is CCOC(=O)Nc1ccc2c(c1)N(C(=O)CCN1CCOCC1)c1ccccc1S2(=O)=O. The van der Waals surface area contributed by atoms with E-state index in [1.165, 1.54) is 29.2 Å². The summed E-state index contributed by atoms with van der Waals surface area (Å²) in [6.45, 7) is 5.19. The summed E-state index contributed by atoms with van der Waals surface area (Å²) in [5, 5.41) is 2.57. The fourth-order valence-corrected chi connectivity index (χ4v) is 5.46. The van der Waals surface area contributed by atoms with Crippen molar-refractivity contribution >= 4 is 38.9 Å². The molecule has 0 aliphatic carbocycles. The quantitative estimate of drug-likeness (QED) is 0.733. The molecular weight excluding hydrogens is 434 g/mol. The summed E-state index contributed by atoms with van der Waals surface area (Å²) in [5.41, 5.74) is 0.855. The number of amides is 2. The molecule has 2 amide bonds. The van der Waals surface area contributed by atoms with Gasteiger partial charge >= 0.3 is 6.09 Å². The van der Waals surface area contributed by atoms with Gasteiger partial charge in [-0.15, -0.1) is 0 Å². The van der Waals surface area contributed by atoms with Crippen molar-refractivity contribution in [2.24, 2.45) is 0 Å². The zero-order chi connectivity index (χ0) is 22.7. The minimum Gasteiger partial charge on any atom is -0.450 e. The van der Waals surface area contributed by atoms with Crippen LogP contribution in [0.3, 0.4) is 0 Å². The lowest BCUT2D eigenvalue weighted by atomic mass is 10.2. The Bertz CT molecular complexity index is 1130. The Morgan fingerprint density at radius 3 is 2.53 bits per heavy atom. The molecule has 2 aromatic rings. The van der Waals surface area contributed by atoms with E-state index in [4.69, 9.17) is 9.47 Å². The molecule has 0 aromatic heterocycles. The summed E-state index contributed by atoms with van der Waals surface area (Å²) in [4.78, 5) is 28.9. The molecule has 2 aliphatic heterocycles. The molecule has 32 heavy (non-hydrogen) atoms. The standard InChI is InChI=1S/C22H25N3O6S/c1-2-31-22(27)23-16-7-8-20-18(15-16)25(17-5-3-4-6-19(17)32(20,28)29)21(26)9-10-24-11-13-30-14-12-24/h3-8,15H,2,9-14H2,1H3,(H,23,27). The number of anilines is 3. The van der Waals surface area contributed by atoms with Crippen LogP contribution in [0.2, 0.25) is 0 Å². The summed E-state index contributed by atoms with van der Waals surface area (Å²) < 4.78 is 36.7. The number of nitrogens with zero attached hydrogens (tertiary/aromatic N) is 2. The van der Waals surface area contributed by atoms with Gasteiger partial charge in [0.2, 0.25) is 15.7 Å². The number of ether oxygens (including phenoxy) is 2. The van der Waals surface area contributed by atoms with Gasteiger partial charge in [-0.2, -0.15) is 0 Å². The third-order valence-corrected chi connectivity index (χ3v) is 7.25. The molecule has 0 atom stereocenters. The van der Waals surface area contributed by atoms with Crippen LogP contribution in [0.5, 0.6) is 0 Å². The number of fused-ring (bicyclic) bond motifs is 2. The number of carbonyl (C=O) groups is 2. The van der Waals surface area contributed by atoms with Gasteiger partial charge in [0, 0.05) is 31.7 Å². The van der Waals surface area contributed by atoms with Crippen molar-refractivity contribution in [3.05, 3.63) is 42.5 Å². The highest BCUT2D eigenvalue weighted by Crippen LogP contribution is 2.45. The highest BCUT2D eigenvalue weighted by atomic mass is 32.2. The van der Waals surface area contributed by atoms with Gasteiger partial charge in [-0.1, -0.05) is 12.1 Å². The van der Waals surface area contributed by atoms with Crippen LogP contribution >= 0.6 is 0 Å². The third-order valence-electron chi connectivity index (χ3n) is 5.40. The number of hydrogen-bond acceptors (Lipinski definition) is 7. The van der Waals surface area contributed by atoms with E-state index >= 15 is 0 Å². The van der Waals surface area contributed by atoms with Gasteiger partial charge in [-0.05, 0) is 37.3 Å². The predicted octanol–water partition coefficient (Wildman–Crippen LogP) is 2.79. The summed E-state index contributed by atoms with van der Waals surface area (Å²) >= 11 is 0. The fraction of sp³-hybridized carbons (Fsp3) is 0.364.